The number of benzene rings is 2. The van der Waals surface area contributed by atoms with E-state index in [1.165, 1.54) is 23.8 Å². The van der Waals surface area contributed by atoms with Crippen LogP contribution in [0, 0.1) is 6.92 Å². The van der Waals surface area contributed by atoms with Crippen LogP contribution in [0.5, 0.6) is 5.75 Å². The molecule has 0 fully saturated rings. The number of aromatic nitrogens is 1. The van der Waals surface area contributed by atoms with Crippen molar-refractivity contribution in [3.63, 3.8) is 0 Å². The van der Waals surface area contributed by atoms with Crippen LogP contribution in [0.4, 0.5) is 0 Å². The summed E-state index contributed by atoms with van der Waals surface area (Å²) in [6, 6.07) is 11.8. The Hall–Kier alpha value is -2.98. The Morgan fingerprint density at radius 1 is 1.13 bits per heavy atom. The van der Waals surface area contributed by atoms with Crippen molar-refractivity contribution in [3.05, 3.63) is 52.8 Å². The van der Waals surface area contributed by atoms with Crippen LogP contribution < -0.4 is 9.54 Å². The average molecular weight is 449 g/mol. The first kappa shape index (κ1) is 21.7. The second-order valence-corrected chi connectivity index (χ2v) is 9.58. The first-order chi connectivity index (χ1) is 14.2. The molecule has 0 unspecified atom stereocenters. The predicted molar refractivity (Wildman–Crippen MR) is 112 cm³/mol. The zero-order valence-electron chi connectivity index (χ0n) is 16.6. The van der Waals surface area contributed by atoms with Crippen LogP contribution in [0.3, 0.4) is 0 Å². The Balaban J connectivity index is 1.96. The summed E-state index contributed by atoms with van der Waals surface area (Å²) >= 11 is 1.11. The van der Waals surface area contributed by atoms with Gasteiger partial charge in [0.2, 0.25) is 0 Å². The topological polar surface area (TPSA) is 104 Å². The van der Waals surface area contributed by atoms with Gasteiger partial charge in [-0.3, -0.25) is 9.59 Å². The van der Waals surface area contributed by atoms with Gasteiger partial charge in [-0.2, -0.15) is 4.99 Å². The van der Waals surface area contributed by atoms with Gasteiger partial charge in [0, 0.05) is 6.26 Å². The number of sulfone groups is 1. The van der Waals surface area contributed by atoms with Crippen LogP contribution >= 0.6 is 11.3 Å². The molecule has 2 aromatic carbocycles. The number of rotatable bonds is 6. The molecule has 0 aliphatic carbocycles. The van der Waals surface area contributed by atoms with Gasteiger partial charge in [-0.1, -0.05) is 29.0 Å². The monoisotopic (exact) mass is 448 g/mol. The Labute approximate surface area is 177 Å². The first-order valence-electron chi connectivity index (χ1n) is 8.84. The largest absolute Gasteiger partial charge is 0.484 e. The van der Waals surface area contributed by atoms with Crippen molar-refractivity contribution < 1.29 is 27.5 Å². The standard InChI is InChI=1S/C20H20N2O6S2/c1-13-4-6-14(7-5-13)28-12-18(23)21-20-22(11-19(24)27-2)16-9-8-15(30(3,25)26)10-17(16)29-20/h4-10H,11-12H2,1-3H3. The van der Waals surface area contributed by atoms with Gasteiger partial charge in [-0.05, 0) is 37.3 Å². The van der Waals surface area contributed by atoms with Gasteiger partial charge in [-0.15, -0.1) is 0 Å². The van der Waals surface area contributed by atoms with E-state index in [-0.39, 0.29) is 22.8 Å². The fourth-order valence-electron chi connectivity index (χ4n) is 2.63. The van der Waals surface area contributed by atoms with Crippen LogP contribution in [0.15, 0.2) is 52.4 Å². The molecule has 8 nitrogen and oxygen atoms in total. The maximum Gasteiger partial charge on any atom is 0.325 e. The highest BCUT2D eigenvalue weighted by molar-refractivity contribution is 7.90. The van der Waals surface area contributed by atoms with Crippen molar-refractivity contribution in [3.8, 4) is 5.75 Å². The van der Waals surface area contributed by atoms with Crippen LogP contribution in [0.2, 0.25) is 0 Å². The lowest BCUT2D eigenvalue weighted by Crippen LogP contribution is -2.23. The van der Waals surface area contributed by atoms with E-state index in [0.717, 1.165) is 23.2 Å². The molecule has 0 saturated carbocycles. The zero-order valence-corrected chi connectivity index (χ0v) is 18.2. The summed E-state index contributed by atoms with van der Waals surface area (Å²) in [4.78, 5) is 28.7. The van der Waals surface area contributed by atoms with E-state index < -0.39 is 21.7 Å². The van der Waals surface area contributed by atoms with Gasteiger partial charge in [0.15, 0.2) is 21.2 Å². The number of carbonyl (C=O) groups excluding carboxylic acids is 2. The summed E-state index contributed by atoms with van der Waals surface area (Å²) in [6.45, 7) is 1.50. The van der Waals surface area contributed by atoms with E-state index in [0.29, 0.717) is 16.0 Å². The van der Waals surface area contributed by atoms with E-state index in [2.05, 4.69) is 4.99 Å². The lowest BCUT2D eigenvalue weighted by Gasteiger charge is -2.05. The van der Waals surface area contributed by atoms with Crippen molar-refractivity contribution in [2.45, 2.75) is 18.4 Å². The van der Waals surface area contributed by atoms with Gasteiger partial charge in [0.1, 0.15) is 12.3 Å². The number of hydrogen-bond acceptors (Lipinski definition) is 7. The lowest BCUT2D eigenvalue weighted by molar-refractivity contribution is -0.141. The van der Waals surface area contributed by atoms with Gasteiger partial charge in [-0.25, -0.2) is 8.42 Å². The number of ether oxygens (including phenoxy) is 2. The van der Waals surface area contributed by atoms with Crippen molar-refractivity contribution in [2.75, 3.05) is 20.0 Å². The molecule has 158 valence electrons. The molecule has 0 saturated heterocycles. The van der Waals surface area contributed by atoms with Crippen LogP contribution in [0.1, 0.15) is 5.56 Å². The Morgan fingerprint density at radius 3 is 2.47 bits per heavy atom. The second-order valence-electron chi connectivity index (χ2n) is 6.56. The number of aryl methyl sites for hydroxylation is 1. The zero-order chi connectivity index (χ0) is 21.9. The molecular formula is C20H20N2O6S2. The minimum Gasteiger partial charge on any atom is -0.484 e. The minimum absolute atomic E-state index is 0.141. The fourth-order valence-corrected chi connectivity index (χ4v) is 4.44. The summed E-state index contributed by atoms with van der Waals surface area (Å²) in [6.07, 6.45) is 1.11. The number of esters is 1. The molecule has 0 radical (unpaired) electrons. The molecule has 30 heavy (non-hydrogen) atoms. The SMILES string of the molecule is COC(=O)Cn1c(=NC(=O)COc2ccc(C)cc2)sc2cc(S(C)(=O)=O)ccc21. The number of fused-ring (bicyclic) bond motifs is 1. The number of hydrogen-bond donors (Lipinski definition) is 0. The lowest BCUT2D eigenvalue weighted by atomic mass is 10.2. The highest BCUT2D eigenvalue weighted by Gasteiger charge is 2.15. The van der Waals surface area contributed by atoms with Crippen LogP contribution in [-0.2, 0) is 30.7 Å². The van der Waals surface area contributed by atoms with Gasteiger partial charge >= 0.3 is 5.97 Å². The minimum atomic E-state index is -3.40. The highest BCUT2D eigenvalue weighted by atomic mass is 32.2. The molecule has 3 aromatic rings. The maximum absolute atomic E-state index is 12.4. The smallest absolute Gasteiger partial charge is 0.325 e. The normalized spacial score (nSPS) is 12.2. The van der Waals surface area contributed by atoms with Crippen molar-refractivity contribution in [1.82, 2.24) is 4.57 Å². The number of carbonyl (C=O) groups is 2. The third-order valence-corrected chi connectivity index (χ3v) is 6.35. The van der Waals surface area contributed by atoms with Gasteiger partial charge in [0.05, 0.1) is 22.2 Å². The fraction of sp³-hybridized carbons (Fsp3) is 0.250. The van der Waals surface area contributed by atoms with Gasteiger partial charge in [0.25, 0.3) is 5.91 Å². The highest BCUT2D eigenvalue weighted by Crippen LogP contribution is 2.22. The molecular weight excluding hydrogens is 428 g/mol. The first-order valence-corrected chi connectivity index (χ1v) is 11.6. The van der Waals surface area contributed by atoms with Crippen LogP contribution in [-0.4, -0.2) is 44.8 Å². The van der Waals surface area contributed by atoms with E-state index in [1.807, 2.05) is 19.1 Å². The number of amides is 1. The number of thiazole rings is 1. The Morgan fingerprint density at radius 2 is 1.83 bits per heavy atom. The molecule has 0 aliphatic rings. The maximum atomic E-state index is 12.4. The second kappa shape index (κ2) is 8.80. The summed E-state index contributed by atoms with van der Waals surface area (Å²) in [7, 11) is -2.14. The predicted octanol–water partition coefficient (Wildman–Crippen LogP) is 2.09. The van der Waals surface area contributed by atoms with Crippen molar-refractivity contribution >= 4 is 43.3 Å². The quantitative estimate of drug-likeness (QED) is 0.535. The van der Waals surface area contributed by atoms with E-state index in [9.17, 15) is 18.0 Å². The van der Waals surface area contributed by atoms with Gasteiger partial charge < -0.3 is 14.0 Å². The summed E-state index contributed by atoms with van der Waals surface area (Å²) < 4.78 is 36.0. The Bertz CT molecular complexity index is 1270. The summed E-state index contributed by atoms with van der Waals surface area (Å²) in [5.41, 5.74) is 1.64. The molecule has 0 N–H and O–H groups in total. The molecule has 1 heterocycles. The summed E-state index contributed by atoms with van der Waals surface area (Å²) in [5, 5.41) is 0. The number of methoxy groups -OCH3 is 1. The molecule has 1 aromatic heterocycles. The van der Waals surface area contributed by atoms with Crippen molar-refractivity contribution in [1.29, 1.82) is 0 Å². The van der Waals surface area contributed by atoms with E-state index in [1.54, 1.807) is 18.2 Å². The third-order valence-electron chi connectivity index (χ3n) is 4.20. The Kier molecular flexibility index (Phi) is 6.37. The van der Waals surface area contributed by atoms with E-state index in [4.69, 9.17) is 9.47 Å². The van der Waals surface area contributed by atoms with E-state index >= 15 is 0 Å². The van der Waals surface area contributed by atoms with Crippen molar-refractivity contribution in [2.24, 2.45) is 4.99 Å². The number of nitrogens with zero attached hydrogens (tertiary/aromatic N) is 2. The van der Waals surface area contributed by atoms with Crippen LogP contribution in [0.25, 0.3) is 10.2 Å². The molecule has 1 amide bonds. The molecule has 10 heteroatoms. The average Bonchev–Trinajstić information content (AvgIpc) is 3.03. The molecule has 0 aliphatic heterocycles. The third kappa shape index (κ3) is 5.14. The molecule has 0 atom stereocenters. The molecule has 3 rings (SSSR count). The summed E-state index contributed by atoms with van der Waals surface area (Å²) in [5.74, 6) is -0.517. The molecule has 0 spiro atoms. The molecule has 0 bridgehead atoms.